The lowest BCUT2D eigenvalue weighted by Crippen LogP contribution is -2.49. The van der Waals surface area contributed by atoms with Gasteiger partial charge in [-0.2, -0.15) is 4.31 Å². The molecule has 0 unspecified atom stereocenters. The van der Waals surface area contributed by atoms with Crippen LogP contribution in [0.4, 0.5) is 5.82 Å². The van der Waals surface area contributed by atoms with Crippen LogP contribution in [-0.4, -0.2) is 68.7 Å². The van der Waals surface area contributed by atoms with Crippen LogP contribution in [0.1, 0.15) is 26.3 Å². The molecule has 4 rings (SSSR count). The first-order chi connectivity index (χ1) is 16.9. The zero-order chi connectivity index (χ0) is 25.0. The van der Waals surface area contributed by atoms with Crippen molar-refractivity contribution in [2.45, 2.75) is 32.6 Å². The number of rotatable bonds is 9. The van der Waals surface area contributed by atoms with E-state index in [0.717, 1.165) is 10.9 Å². The highest BCUT2D eigenvalue weighted by atomic mass is 32.2. The predicted octanol–water partition coefficient (Wildman–Crippen LogP) is 3.65. The molecule has 35 heavy (non-hydrogen) atoms. The van der Waals surface area contributed by atoms with Gasteiger partial charge in [-0.25, -0.2) is 18.4 Å². The van der Waals surface area contributed by atoms with Gasteiger partial charge in [0.1, 0.15) is 12.1 Å². The minimum absolute atomic E-state index is 0.312. The van der Waals surface area contributed by atoms with Crippen molar-refractivity contribution >= 4 is 26.7 Å². The molecule has 0 radical (unpaired) electrons. The molecule has 9 nitrogen and oxygen atoms in total. The molecule has 0 atom stereocenters. The number of aromatic nitrogens is 2. The Bertz CT molecular complexity index is 1270. The molecule has 0 saturated carbocycles. The molecule has 2 aromatic carbocycles. The average molecular weight is 501 g/mol. The fourth-order valence-electron chi connectivity index (χ4n) is 4.20. The van der Waals surface area contributed by atoms with Crippen molar-refractivity contribution in [1.82, 2.24) is 14.3 Å². The number of anilines is 1. The minimum Gasteiger partial charge on any atom is -0.490 e. The Morgan fingerprint density at radius 1 is 0.857 bits per heavy atom. The lowest BCUT2D eigenvalue weighted by Gasteiger charge is -2.35. The second-order valence-corrected chi connectivity index (χ2v) is 10.1. The summed E-state index contributed by atoms with van der Waals surface area (Å²) in [6.07, 6.45) is 1.51. The zero-order valence-corrected chi connectivity index (χ0v) is 21.5. The first-order valence-electron chi connectivity index (χ1n) is 11.9. The standard InChI is InChI=1S/C25H32N4O5S/c1-5-32-21-16-20-22(24(34-7-3)23(21)33-6-2)25(27-17-26-20)28-12-14-29(15-13-28)35(30,31)19-10-8-18(4)9-11-19/h8-11,16-17H,5-7,12-15H2,1-4H3. The van der Waals surface area contributed by atoms with E-state index < -0.39 is 10.0 Å². The molecule has 1 aromatic heterocycles. The second-order valence-electron chi connectivity index (χ2n) is 8.13. The molecule has 1 fully saturated rings. The quantitative estimate of drug-likeness (QED) is 0.440. The molecule has 3 aromatic rings. The number of nitrogens with zero attached hydrogens (tertiary/aromatic N) is 4. The maximum atomic E-state index is 13.1. The average Bonchev–Trinajstić information content (AvgIpc) is 2.86. The van der Waals surface area contributed by atoms with E-state index in [1.54, 1.807) is 12.1 Å². The van der Waals surface area contributed by atoms with Crippen molar-refractivity contribution in [3.05, 3.63) is 42.2 Å². The molecule has 0 spiro atoms. The highest BCUT2D eigenvalue weighted by Crippen LogP contribution is 2.46. The van der Waals surface area contributed by atoms with E-state index in [0.29, 0.717) is 79.5 Å². The third kappa shape index (κ3) is 4.99. The predicted molar refractivity (Wildman–Crippen MR) is 135 cm³/mol. The highest BCUT2D eigenvalue weighted by molar-refractivity contribution is 7.89. The van der Waals surface area contributed by atoms with Crippen molar-refractivity contribution in [2.75, 3.05) is 50.9 Å². The van der Waals surface area contributed by atoms with Gasteiger partial charge in [-0.15, -0.1) is 0 Å². The van der Waals surface area contributed by atoms with E-state index >= 15 is 0 Å². The van der Waals surface area contributed by atoms with Gasteiger partial charge in [0, 0.05) is 32.2 Å². The molecule has 1 aliphatic rings. The minimum atomic E-state index is -3.56. The largest absolute Gasteiger partial charge is 0.490 e. The van der Waals surface area contributed by atoms with E-state index in [-0.39, 0.29) is 0 Å². The molecule has 1 saturated heterocycles. The van der Waals surface area contributed by atoms with Crippen molar-refractivity contribution in [2.24, 2.45) is 0 Å². The first-order valence-corrected chi connectivity index (χ1v) is 13.4. The van der Waals surface area contributed by atoms with Crippen LogP contribution in [0.5, 0.6) is 17.2 Å². The van der Waals surface area contributed by atoms with Crippen molar-refractivity contribution in [3.8, 4) is 17.2 Å². The Hall–Kier alpha value is -3.11. The van der Waals surface area contributed by atoms with Gasteiger partial charge in [-0.1, -0.05) is 17.7 Å². The normalized spacial score (nSPS) is 14.8. The maximum Gasteiger partial charge on any atom is 0.243 e. The Labute approximate surface area is 206 Å². The van der Waals surface area contributed by atoms with Gasteiger partial charge in [-0.3, -0.25) is 0 Å². The maximum absolute atomic E-state index is 13.1. The summed E-state index contributed by atoms with van der Waals surface area (Å²) in [5, 5.41) is 0.732. The van der Waals surface area contributed by atoms with Crippen LogP contribution < -0.4 is 19.1 Å². The van der Waals surface area contributed by atoms with E-state index in [2.05, 4.69) is 14.9 Å². The third-order valence-electron chi connectivity index (χ3n) is 5.86. The number of sulfonamides is 1. The number of piperazine rings is 1. The van der Waals surface area contributed by atoms with Gasteiger partial charge < -0.3 is 19.1 Å². The highest BCUT2D eigenvalue weighted by Gasteiger charge is 2.31. The zero-order valence-electron chi connectivity index (χ0n) is 20.7. The number of aryl methyl sites for hydroxylation is 1. The summed E-state index contributed by atoms with van der Waals surface area (Å²) in [6, 6.07) is 8.80. The number of fused-ring (bicyclic) bond motifs is 1. The Kier molecular flexibility index (Phi) is 7.61. The van der Waals surface area contributed by atoms with Gasteiger partial charge >= 0.3 is 0 Å². The molecular weight excluding hydrogens is 468 g/mol. The Morgan fingerprint density at radius 3 is 2.11 bits per heavy atom. The molecule has 2 heterocycles. The molecule has 0 aliphatic carbocycles. The fourth-order valence-corrected chi connectivity index (χ4v) is 5.62. The summed E-state index contributed by atoms with van der Waals surface area (Å²) in [6.45, 7) is 10.7. The Balaban J connectivity index is 1.68. The fraction of sp³-hybridized carbons (Fsp3) is 0.440. The first kappa shape index (κ1) is 25.0. The summed E-state index contributed by atoms with van der Waals surface area (Å²) in [4.78, 5) is 11.4. The van der Waals surface area contributed by atoms with Crippen LogP contribution in [0.15, 0.2) is 41.6 Å². The topological polar surface area (TPSA) is 94.1 Å². The van der Waals surface area contributed by atoms with Crippen molar-refractivity contribution in [3.63, 3.8) is 0 Å². The summed E-state index contributed by atoms with van der Waals surface area (Å²) >= 11 is 0. The van der Waals surface area contributed by atoms with Crippen molar-refractivity contribution in [1.29, 1.82) is 0 Å². The molecule has 188 valence electrons. The Morgan fingerprint density at radius 2 is 1.49 bits per heavy atom. The number of hydrogen-bond acceptors (Lipinski definition) is 8. The number of hydrogen-bond donors (Lipinski definition) is 0. The molecule has 0 N–H and O–H groups in total. The molecule has 10 heteroatoms. The lowest BCUT2D eigenvalue weighted by molar-refractivity contribution is 0.263. The van der Waals surface area contributed by atoms with E-state index in [4.69, 9.17) is 14.2 Å². The van der Waals surface area contributed by atoms with Gasteiger partial charge in [0.25, 0.3) is 0 Å². The van der Waals surface area contributed by atoms with E-state index in [9.17, 15) is 8.42 Å². The van der Waals surface area contributed by atoms with Crippen LogP contribution in [0.3, 0.4) is 0 Å². The van der Waals surface area contributed by atoms with Crippen LogP contribution in [0, 0.1) is 6.92 Å². The van der Waals surface area contributed by atoms with Crippen LogP contribution >= 0.6 is 0 Å². The van der Waals surface area contributed by atoms with Crippen LogP contribution in [-0.2, 0) is 10.0 Å². The van der Waals surface area contributed by atoms with Gasteiger partial charge in [-0.05, 0) is 39.8 Å². The molecule has 0 amide bonds. The second kappa shape index (κ2) is 10.7. The van der Waals surface area contributed by atoms with Crippen LogP contribution in [0.25, 0.3) is 10.9 Å². The van der Waals surface area contributed by atoms with Gasteiger partial charge in [0.2, 0.25) is 15.8 Å². The summed E-state index contributed by atoms with van der Waals surface area (Å²) < 4.78 is 45.6. The van der Waals surface area contributed by atoms with E-state index in [1.165, 1.54) is 10.6 Å². The molecule has 1 aliphatic heterocycles. The number of benzene rings is 2. The monoisotopic (exact) mass is 500 g/mol. The third-order valence-corrected chi connectivity index (χ3v) is 7.77. The number of ether oxygens (including phenoxy) is 3. The lowest BCUT2D eigenvalue weighted by atomic mass is 10.1. The summed E-state index contributed by atoms with van der Waals surface area (Å²) in [7, 11) is -3.56. The smallest absolute Gasteiger partial charge is 0.243 e. The summed E-state index contributed by atoms with van der Waals surface area (Å²) in [5.74, 6) is 2.33. The molecule has 0 bridgehead atoms. The van der Waals surface area contributed by atoms with Crippen molar-refractivity contribution < 1.29 is 22.6 Å². The molecular formula is C25H32N4O5S. The van der Waals surface area contributed by atoms with Crippen LogP contribution in [0.2, 0.25) is 0 Å². The van der Waals surface area contributed by atoms with E-state index in [1.807, 2.05) is 45.9 Å². The summed E-state index contributed by atoms with van der Waals surface area (Å²) in [5.41, 5.74) is 1.70. The SMILES string of the molecule is CCOc1cc2ncnc(N3CCN(S(=O)(=O)c4ccc(C)cc4)CC3)c2c(OCC)c1OCC. The van der Waals surface area contributed by atoms with Gasteiger partial charge in [0.05, 0.1) is 35.6 Å². The van der Waals surface area contributed by atoms with Gasteiger partial charge in [0.15, 0.2) is 11.5 Å².